The van der Waals surface area contributed by atoms with Gasteiger partial charge in [0.25, 0.3) is 5.91 Å². The lowest BCUT2D eigenvalue weighted by Crippen LogP contribution is -2.32. The van der Waals surface area contributed by atoms with Gasteiger partial charge in [0.05, 0.1) is 24.4 Å². The molecule has 1 saturated heterocycles. The highest BCUT2D eigenvalue weighted by molar-refractivity contribution is 6.11. The molecule has 258 valence electrons. The fourth-order valence-corrected chi connectivity index (χ4v) is 5.62. The lowest BCUT2D eigenvalue weighted by atomic mass is 9.84. The number of ketones is 1. The quantitative estimate of drug-likeness (QED) is 0.190. The van der Waals surface area contributed by atoms with Gasteiger partial charge in [-0.05, 0) is 55.0 Å². The van der Waals surface area contributed by atoms with Crippen LogP contribution in [0.15, 0.2) is 29.3 Å². The topological polar surface area (TPSA) is 173 Å². The largest absolute Gasteiger partial charge is 0.493 e. The summed E-state index contributed by atoms with van der Waals surface area (Å²) in [5, 5.41) is 12.0. The summed E-state index contributed by atoms with van der Waals surface area (Å²) in [5.41, 5.74) is 2.50. The van der Waals surface area contributed by atoms with Crippen molar-refractivity contribution in [2.75, 3.05) is 51.6 Å². The third kappa shape index (κ3) is 8.41. The molecular formula is C34H42N4O10. The highest BCUT2D eigenvalue weighted by atomic mass is 16.7. The Labute approximate surface area is 279 Å². The number of Topliss-reactive ketones (excluding diaryl/α,β-unsaturated/α-hetero) is 1. The number of carboxylic acids is 1. The van der Waals surface area contributed by atoms with E-state index in [1.54, 1.807) is 36.1 Å². The summed E-state index contributed by atoms with van der Waals surface area (Å²) < 4.78 is 21.2. The predicted molar refractivity (Wildman–Crippen MR) is 175 cm³/mol. The Morgan fingerprint density at radius 1 is 1.00 bits per heavy atom. The number of nitrogens with one attached hydrogen (secondary N) is 1. The van der Waals surface area contributed by atoms with Crippen molar-refractivity contribution < 1.29 is 48.0 Å². The molecule has 2 N–H and O–H groups in total. The van der Waals surface area contributed by atoms with Gasteiger partial charge in [0.1, 0.15) is 17.3 Å². The summed E-state index contributed by atoms with van der Waals surface area (Å²) in [6.45, 7) is 9.38. The zero-order valence-electron chi connectivity index (χ0n) is 28.1. The first-order valence-corrected chi connectivity index (χ1v) is 15.7. The summed E-state index contributed by atoms with van der Waals surface area (Å²) in [6.07, 6.45) is 0.837. The van der Waals surface area contributed by atoms with Crippen LogP contribution >= 0.6 is 0 Å². The lowest BCUT2D eigenvalue weighted by molar-refractivity contribution is -0.148. The molecule has 0 radical (unpaired) electrons. The standard InChI is InChI=1S/C34H42N4O10/c1-7-45-28-14-22-16-38(31(23(22)15-24(28)32(43)35-6)36-33(44)48-19-47-20(2)39)17-27(40)21-12-25(34(3,4)5)30(46-18-29(41)42)26(13-21)37-10-8-9-11-37/h12-15H,7-11,16-19H2,1-6H3,(H,35,43)(H,41,42)/b36-31-. The molecule has 2 aliphatic heterocycles. The van der Waals surface area contributed by atoms with Gasteiger partial charge in [-0.3, -0.25) is 14.4 Å². The first-order valence-electron chi connectivity index (χ1n) is 15.7. The van der Waals surface area contributed by atoms with Crippen LogP contribution in [-0.2, 0) is 31.0 Å². The molecule has 48 heavy (non-hydrogen) atoms. The number of carboxylic acid groups (broad SMARTS) is 1. The minimum absolute atomic E-state index is 0.0941. The summed E-state index contributed by atoms with van der Waals surface area (Å²) in [7, 11) is 1.48. The maximum absolute atomic E-state index is 14.1. The Bertz CT molecular complexity index is 1620. The number of amides is 2. The second kappa shape index (κ2) is 15.2. The molecule has 0 unspecified atom stereocenters. The van der Waals surface area contributed by atoms with Gasteiger partial charge < -0.3 is 39.2 Å². The van der Waals surface area contributed by atoms with Crippen LogP contribution in [-0.4, -0.2) is 92.3 Å². The molecule has 0 aliphatic carbocycles. The Hall–Kier alpha value is -5.14. The van der Waals surface area contributed by atoms with Gasteiger partial charge in [0, 0.05) is 50.3 Å². The molecule has 2 aliphatic rings. The van der Waals surface area contributed by atoms with Crippen LogP contribution in [0.2, 0.25) is 0 Å². The molecule has 4 rings (SSSR count). The van der Waals surface area contributed by atoms with E-state index < -0.39 is 42.8 Å². The lowest BCUT2D eigenvalue weighted by Gasteiger charge is -2.29. The van der Waals surface area contributed by atoms with Crippen molar-refractivity contribution >= 4 is 41.2 Å². The van der Waals surface area contributed by atoms with E-state index in [2.05, 4.69) is 15.2 Å². The maximum atomic E-state index is 14.1. The number of esters is 1. The number of ether oxygens (including phenoxy) is 4. The first kappa shape index (κ1) is 35.7. The zero-order chi connectivity index (χ0) is 35.2. The van der Waals surface area contributed by atoms with Crippen LogP contribution < -0.4 is 19.7 Å². The maximum Gasteiger partial charge on any atom is 0.438 e. The first-order chi connectivity index (χ1) is 22.7. The molecule has 0 atom stereocenters. The smallest absolute Gasteiger partial charge is 0.438 e. The molecule has 0 bridgehead atoms. The molecule has 0 saturated carbocycles. The molecule has 2 aromatic rings. The number of carbonyl (C=O) groups excluding carboxylic acids is 4. The highest BCUT2D eigenvalue weighted by Crippen LogP contribution is 2.42. The van der Waals surface area contributed by atoms with Gasteiger partial charge in [-0.1, -0.05) is 20.8 Å². The van der Waals surface area contributed by atoms with E-state index in [0.29, 0.717) is 46.0 Å². The summed E-state index contributed by atoms with van der Waals surface area (Å²) >= 11 is 0. The fourth-order valence-electron chi connectivity index (χ4n) is 5.62. The van der Waals surface area contributed by atoms with Gasteiger partial charge >= 0.3 is 18.0 Å². The molecule has 1 fully saturated rings. The van der Waals surface area contributed by atoms with Crippen LogP contribution in [0.4, 0.5) is 10.5 Å². The van der Waals surface area contributed by atoms with Crippen LogP contribution in [0, 0.1) is 0 Å². The van der Waals surface area contributed by atoms with E-state index in [4.69, 9.17) is 18.9 Å². The monoisotopic (exact) mass is 666 g/mol. The summed E-state index contributed by atoms with van der Waals surface area (Å²) in [4.78, 5) is 70.1. The number of nitrogens with zero attached hydrogens (tertiary/aromatic N) is 3. The van der Waals surface area contributed by atoms with E-state index in [1.165, 1.54) is 14.0 Å². The van der Waals surface area contributed by atoms with E-state index in [1.807, 2.05) is 20.8 Å². The SMILES string of the molecule is CCOc1cc2c(cc1C(=O)NC)/C(=N/C(=O)OCOC(C)=O)N(CC(=O)c1cc(N3CCCC3)c(OCC(=O)O)c(C(C)(C)C)c1)C2. The Morgan fingerprint density at radius 2 is 1.71 bits per heavy atom. The van der Waals surface area contributed by atoms with Gasteiger partial charge in [-0.15, -0.1) is 0 Å². The normalized spacial score (nSPS) is 14.8. The van der Waals surface area contributed by atoms with Crippen LogP contribution in [0.5, 0.6) is 11.5 Å². The van der Waals surface area contributed by atoms with E-state index in [9.17, 15) is 29.1 Å². The Balaban J connectivity index is 1.76. The van der Waals surface area contributed by atoms with E-state index in [-0.39, 0.29) is 30.3 Å². The van der Waals surface area contributed by atoms with Crippen LogP contribution in [0.1, 0.15) is 84.9 Å². The minimum Gasteiger partial charge on any atom is -0.493 e. The number of aliphatic imine (C=N–C) groups is 1. The van der Waals surface area contributed by atoms with Crippen LogP contribution in [0.25, 0.3) is 0 Å². The number of aliphatic carboxylic acids is 1. The number of rotatable bonds is 12. The van der Waals surface area contributed by atoms with E-state index in [0.717, 1.165) is 25.9 Å². The second-order valence-electron chi connectivity index (χ2n) is 12.4. The second-order valence-corrected chi connectivity index (χ2v) is 12.4. The number of fused-ring (bicyclic) bond motifs is 1. The van der Waals surface area contributed by atoms with Crippen molar-refractivity contribution in [2.45, 2.75) is 59.4 Å². The molecular weight excluding hydrogens is 624 g/mol. The number of benzene rings is 2. The van der Waals surface area contributed by atoms with Crippen molar-refractivity contribution in [1.82, 2.24) is 10.2 Å². The number of amidine groups is 1. The molecule has 2 heterocycles. The van der Waals surface area contributed by atoms with Gasteiger partial charge in [0.15, 0.2) is 12.4 Å². The van der Waals surface area contributed by atoms with Crippen molar-refractivity contribution in [3.05, 3.63) is 52.1 Å². The minimum atomic E-state index is -1.11. The zero-order valence-corrected chi connectivity index (χ0v) is 28.1. The molecule has 14 nitrogen and oxygen atoms in total. The molecule has 0 aromatic heterocycles. The highest BCUT2D eigenvalue weighted by Gasteiger charge is 2.33. The summed E-state index contributed by atoms with van der Waals surface area (Å²) in [5.74, 6) is -1.60. The predicted octanol–water partition coefficient (Wildman–Crippen LogP) is 3.91. The number of carbonyl (C=O) groups is 5. The van der Waals surface area contributed by atoms with Crippen molar-refractivity contribution in [1.29, 1.82) is 0 Å². The van der Waals surface area contributed by atoms with Gasteiger partial charge in [0.2, 0.25) is 6.79 Å². The van der Waals surface area contributed by atoms with Crippen molar-refractivity contribution in [3.8, 4) is 11.5 Å². The third-order valence-corrected chi connectivity index (χ3v) is 7.84. The molecule has 2 amide bonds. The molecule has 0 spiro atoms. The third-order valence-electron chi connectivity index (χ3n) is 7.84. The number of hydrogen-bond donors (Lipinski definition) is 2. The van der Waals surface area contributed by atoms with Crippen molar-refractivity contribution in [3.63, 3.8) is 0 Å². The molecule has 14 heteroatoms. The number of hydrogen-bond acceptors (Lipinski definition) is 10. The van der Waals surface area contributed by atoms with Gasteiger partial charge in [-0.25, -0.2) is 9.59 Å². The average Bonchev–Trinajstić information content (AvgIpc) is 3.67. The van der Waals surface area contributed by atoms with Crippen molar-refractivity contribution in [2.24, 2.45) is 4.99 Å². The van der Waals surface area contributed by atoms with Crippen LogP contribution in [0.3, 0.4) is 0 Å². The Morgan fingerprint density at radius 3 is 2.31 bits per heavy atom. The molecule has 2 aromatic carbocycles. The average molecular weight is 667 g/mol. The van der Waals surface area contributed by atoms with E-state index >= 15 is 0 Å². The summed E-state index contributed by atoms with van der Waals surface area (Å²) in [6, 6.07) is 6.69. The fraction of sp³-hybridized carbons (Fsp3) is 0.471. The number of anilines is 1. The Kier molecular flexibility index (Phi) is 11.3. The van der Waals surface area contributed by atoms with Gasteiger partial charge in [-0.2, -0.15) is 4.99 Å².